The summed E-state index contributed by atoms with van der Waals surface area (Å²) < 4.78 is 12.5. The fourth-order valence-corrected chi connectivity index (χ4v) is 6.51. The standard InChI is InChI=1S/C18H28O3/c1-15(11-19)7-4-8-16(2)13(15)6-10-18-12-20-17(3,21-18)9-5-14(16)18/h11,13-14H,4-10,12H2,1-3H3/t13?,14-,15-,16+,17+,18+/m1/s1. The number of carbonyl (C=O) groups excluding carboxylic acids is 1. The lowest BCUT2D eigenvalue weighted by molar-refractivity contribution is -0.259. The van der Waals surface area contributed by atoms with Gasteiger partial charge in [0, 0.05) is 11.8 Å². The molecule has 0 amide bonds. The molecule has 4 fully saturated rings. The van der Waals surface area contributed by atoms with Crippen molar-refractivity contribution in [3.63, 3.8) is 0 Å². The first kappa shape index (κ1) is 14.2. The van der Waals surface area contributed by atoms with Crippen molar-refractivity contribution in [3.05, 3.63) is 0 Å². The van der Waals surface area contributed by atoms with Gasteiger partial charge in [0.1, 0.15) is 6.29 Å². The van der Waals surface area contributed by atoms with Crippen molar-refractivity contribution in [1.82, 2.24) is 0 Å². The van der Waals surface area contributed by atoms with Gasteiger partial charge in [0.2, 0.25) is 0 Å². The highest BCUT2D eigenvalue weighted by Crippen LogP contribution is 2.66. The molecular formula is C18H28O3. The first-order chi connectivity index (χ1) is 9.86. The molecule has 2 saturated heterocycles. The second-order valence-corrected chi connectivity index (χ2v) is 8.75. The van der Waals surface area contributed by atoms with Crippen LogP contribution in [0, 0.1) is 22.7 Å². The van der Waals surface area contributed by atoms with Gasteiger partial charge in [-0.3, -0.25) is 0 Å². The molecule has 0 N–H and O–H groups in total. The molecule has 3 nitrogen and oxygen atoms in total. The summed E-state index contributed by atoms with van der Waals surface area (Å²) in [6.45, 7) is 7.49. The predicted molar refractivity (Wildman–Crippen MR) is 79.8 cm³/mol. The van der Waals surface area contributed by atoms with Crippen LogP contribution in [0.5, 0.6) is 0 Å². The number of aldehydes is 1. The summed E-state index contributed by atoms with van der Waals surface area (Å²) in [5.74, 6) is 0.724. The molecule has 118 valence electrons. The second-order valence-electron chi connectivity index (χ2n) is 8.75. The zero-order chi connectivity index (χ0) is 14.9. The monoisotopic (exact) mass is 292 g/mol. The van der Waals surface area contributed by atoms with Crippen LogP contribution in [-0.2, 0) is 14.3 Å². The van der Waals surface area contributed by atoms with Crippen LogP contribution in [0.4, 0.5) is 0 Å². The van der Waals surface area contributed by atoms with Crippen LogP contribution in [0.15, 0.2) is 0 Å². The molecule has 2 aliphatic heterocycles. The van der Waals surface area contributed by atoms with Crippen LogP contribution in [-0.4, -0.2) is 24.3 Å². The predicted octanol–water partition coefficient (Wildman–Crippen LogP) is 3.70. The van der Waals surface area contributed by atoms with Gasteiger partial charge < -0.3 is 14.3 Å². The summed E-state index contributed by atoms with van der Waals surface area (Å²) in [6, 6.07) is 0. The van der Waals surface area contributed by atoms with E-state index in [1.807, 2.05) is 0 Å². The van der Waals surface area contributed by atoms with E-state index in [2.05, 4.69) is 20.8 Å². The summed E-state index contributed by atoms with van der Waals surface area (Å²) >= 11 is 0. The Morgan fingerprint density at radius 1 is 1.00 bits per heavy atom. The molecule has 4 aliphatic rings. The maximum Gasteiger partial charge on any atom is 0.166 e. The maximum atomic E-state index is 11.8. The Labute approximate surface area is 127 Å². The molecule has 2 bridgehead atoms. The number of hydrogen-bond acceptors (Lipinski definition) is 3. The molecule has 2 heterocycles. The van der Waals surface area contributed by atoms with Crippen molar-refractivity contribution in [3.8, 4) is 0 Å². The Kier molecular flexibility index (Phi) is 2.78. The van der Waals surface area contributed by atoms with E-state index in [4.69, 9.17) is 9.47 Å². The van der Waals surface area contributed by atoms with Gasteiger partial charge in [-0.2, -0.15) is 0 Å². The zero-order valence-corrected chi connectivity index (χ0v) is 13.6. The van der Waals surface area contributed by atoms with Crippen LogP contribution in [0.25, 0.3) is 0 Å². The van der Waals surface area contributed by atoms with E-state index in [9.17, 15) is 4.79 Å². The van der Waals surface area contributed by atoms with E-state index in [0.29, 0.717) is 11.8 Å². The Morgan fingerprint density at radius 2 is 1.76 bits per heavy atom. The molecule has 0 radical (unpaired) electrons. The van der Waals surface area contributed by atoms with E-state index >= 15 is 0 Å². The van der Waals surface area contributed by atoms with Gasteiger partial charge in [-0.05, 0) is 56.3 Å². The molecule has 3 heteroatoms. The molecule has 1 spiro atoms. The van der Waals surface area contributed by atoms with Crippen molar-refractivity contribution in [2.45, 2.75) is 77.1 Å². The first-order valence-electron chi connectivity index (χ1n) is 8.66. The highest BCUT2D eigenvalue weighted by atomic mass is 16.8. The largest absolute Gasteiger partial charge is 0.347 e. The van der Waals surface area contributed by atoms with Crippen molar-refractivity contribution in [2.75, 3.05) is 6.61 Å². The SMILES string of the molecule is C[C@]12CC[C@H]3[C@](CCC4[C@@](C)(C=O)CCC[C@@]43C)(CO1)O2. The lowest BCUT2D eigenvalue weighted by Gasteiger charge is -2.62. The third-order valence-electron chi connectivity index (χ3n) is 7.51. The number of rotatable bonds is 1. The topological polar surface area (TPSA) is 35.5 Å². The third kappa shape index (κ3) is 1.71. The minimum absolute atomic E-state index is 0.0701. The van der Waals surface area contributed by atoms with E-state index < -0.39 is 0 Å². The van der Waals surface area contributed by atoms with Crippen LogP contribution in [0.1, 0.15) is 65.7 Å². The molecule has 2 aliphatic carbocycles. The van der Waals surface area contributed by atoms with Crippen molar-refractivity contribution >= 4 is 6.29 Å². The third-order valence-corrected chi connectivity index (χ3v) is 7.51. The van der Waals surface area contributed by atoms with Crippen molar-refractivity contribution in [2.24, 2.45) is 22.7 Å². The van der Waals surface area contributed by atoms with Crippen LogP contribution >= 0.6 is 0 Å². The Hall–Kier alpha value is -0.410. The molecule has 0 aromatic heterocycles. The Bertz CT molecular complexity index is 477. The van der Waals surface area contributed by atoms with Crippen LogP contribution < -0.4 is 0 Å². The number of carbonyl (C=O) groups is 1. The fraction of sp³-hybridized carbons (Fsp3) is 0.944. The fourth-order valence-electron chi connectivity index (χ4n) is 6.51. The number of ether oxygens (including phenoxy) is 2. The minimum atomic E-state index is -0.345. The summed E-state index contributed by atoms with van der Waals surface area (Å²) in [5, 5.41) is 0. The molecule has 0 aromatic carbocycles. The van der Waals surface area contributed by atoms with Crippen LogP contribution in [0.2, 0.25) is 0 Å². The van der Waals surface area contributed by atoms with E-state index in [0.717, 1.165) is 32.3 Å². The zero-order valence-electron chi connectivity index (χ0n) is 13.6. The molecule has 1 unspecified atom stereocenters. The summed E-state index contributed by atoms with van der Waals surface area (Å²) in [5.41, 5.74) is 0.0371. The number of hydrogen-bond donors (Lipinski definition) is 0. The highest BCUT2D eigenvalue weighted by Gasteiger charge is 2.66. The molecule has 21 heavy (non-hydrogen) atoms. The summed E-state index contributed by atoms with van der Waals surface area (Å²) in [7, 11) is 0. The lowest BCUT2D eigenvalue weighted by Crippen LogP contribution is -2.62. The smallest absolute Gasteiger partial charge is 0.166 e. The summed E-state index contributed by atoms with van der Waals surface area (Å²) in [4.78, 5) is 11.8. The van der Waals surface area contributed by atoms with E-state index in [1.165, 1.54) is 25.5 Å². The summed E-state index contributed by atoms with van der Waals surface area (Å²) in [6.07, 6.45) is 9.11. The van der Waals surface area contributed by atoms with Gasteiger partial charge in [-0.1, -0.05) is 20.3 Å². The van der Waals surface area contributed by atoms with E-state index in [1.54, 1.807) is 0 Å². The lowest BCUT2D eigenvalue weighted by atomic mass is 9.44. The quantitative estimate of drug-likeness (QED) is 0.691. The van der Waals surface area contributed by atoms with Crippen LogP contribution in [0.3, 0.4) is 0 Å². The van der Waals surface area contributed by atoms with Gasteiger partial charge in [-0.15, -0.1) is 0 Å². The van der Waals surface area contributed by atoms with Crippen molar-refractivity contribution < 1.29 is 14.3 Å². The highest BCUT2D eigenvalue weighted by molar-refractivity contribution is 5.60. The Balaban J connectivity index is 1.73. The second kappa shape index (κ2) is 4.11. The Morgan fingerprint density at radius 3 is 2.52 bits per heavy atom. The molecule has 4 rings (SSSR count). The average molecular weight is 292 g/mol. The van der Waals surface area contributed by atoms with Gasteiger partial charge >= 0.3 is 0 Å². The molecule has 2 saturated carbocycles. The molecular weight excluding hydrogens is 264 g/mol. The number of fused-ring (bicyclic) bond motifs is 3. The molecule has 0 aromatic rings. The normalized spacial score (nSPS) is 59.2. The van der Waals surface area contributed by atoms with E-state index in [-0.39, 0.29) is 22.2 Å². The van der Waals surface area contributed by atoms with Gasteiger partial charge in [0.05, 0.1) is 12.2 Å². The van der Waals surface area contributed by atoms with Gasteiger partial charge in [-0.25, -0.2) is 0 Å². The average Bonchev–Trinajstić information content (AvgIpc) is 2.69. The maximum absolute atomic E-state index is 11.8. The van der Waals surface area contributed by atoms with Gasteiger partial charge in [0.25, 0.3) is 0 Å². The molecule has 6 atom stereocenters. The minimum Gasteiger partial charge on any atom is -0.347 e. The first-order valence-corrected chi connectivity index (χ1v) is 8.66. The van der Waals surface area contributed by atoms with Gasteiger partial charge in [0.15, 0.2) is 5.79 Å². The van der Waals surface area contributed by atoms with Crippen molar-refractivity contribution in [1.29, 1.82) is 0 Å².